The molecular weight excluding hydrogens is 290 g/mol. The summed E-state index contributed by atoms with van der Waals surface area (Å²) >= 11 is 3.35. The molecule has 0 saturated heterocycles. The zero-order valence-corrected chi connectivity index (χ0v) is 11.1. The Hall–Kier alpha value is -0.550. The van der Waals surface area contributed by atoms with Crippen LogP contribution in [0.1, 0.15) is 19.3 Å². The molecule has 3 nitrogen and oxygen atoms in total. The monoisotopic (exact) mass is 301 g/mol. The van der Waals surface area contributed by atoms with E-state index in [-0.39, 0.29) is 0 Å². The minimum atomic E-state index is -3.15. The van der Waals surface area contributed by atoms with Crippen LogP contribution in [0.5, 0.6) is 0 Å². The molecular formula is C11H12BrNO2S. The van der Waals surface area contributed by atoms with E-state index < -0.39 is 14.6 Å². The Morgan fingerprint density at radius 1 is 1.31 bits per heavy atom. The molecule has 0 unspecified atom stereocenters. The maximum absolute atomic E-state index is 12.5. The van der Waals surface area contributed by atoms with E-state index in [9.17, 15) is 8.42 Å². The van der Waals surface area contributed by atoms with Crippen LogP contribution in [-0.4, -0.2) is 19.7 Å². The van der Waals surface area contributed by atoms with Crippen molar-refractivity contribution in [2.75, 3.05) is 11.9 Å². The van der Waals surface area contributed by atoms with Gasteiger partial charge in [0.25, 0.3) is 0 Å². The molecule has 1 aliphatic carbocycles. The first-order valence-electron chi connectivity index (χ1n) is 5.33. The van der Waals surface area contributed by atoms with Gasteiger partial charge < -0.3 is 5.32 Å². The lowest BCUT2D eigenvalue weighted by Crippen LogP contribution is -2.53. The zero-order chi connectivity index (χ0) is 11.4. The van der Waals surface area contributed by atoms with Crippen LogP contribution in [0.3, 0.4) is 0 Å². The Labute approximate surface area is 103 Å². The SMILES string of the molecule is O=S1(=O)c2ccc(Br)cc2NCC12CCC2. The van der Waals surface area contributed by atoms with E-state index in [0.717, 1.165) is 29.4 Å². The van der Waals surface area contributed by atoms with Gasteiger partial charge in [0, 0.05) is 11.0 Å². The maximum atomic E-state index is 12.5. The van der Waals surface area contributed by atoms with E-state index in [1.54, 1.807) is 12.1 Å². The van der Waals surface area contributed by atoms with Crippen LogP contribution in [0.4, 0.5) is 5.69 Å². The Kier molecular flexibility index (Phi) is 2.14. The fraction of sp³-hybridized carbons (Fsp3) is 0.455. The van der Waals surface area contributed by atoms with Crippen molar-refractivity contribution in [3.8, 4) is 0 Å². The van der Waals surface area contributed by atoms with Crippen molar-refractivity contribution in [2.45, 2.75) is 28.9 Å². The third kappa shape index (κ3) is 1.21. The van der Waals surface area contributed by atoms with Crippen molar-refractivity contribution < 1.29 is 8.42 Å². The van der Waals surface area contributed by atoms with Gasteiger partial charge in [-0.2, -0.15) is 0 Å². The molecule has 1 spiro atoms. The molecule has 1 aromatic rings. The molecule has 0 aromatic heterocycles. The molecule has 0 amide bonds. The molecule has 0 radical (unpaired) electrons. The second-order valence-corrected chi connectivity index (χ2v) is 7.76. The molecule has 1 saturated carbocycles. The van der Waals surface area contributed by atoms with E-state index in [1.807, 2.05) is 6.07 Å². The van der Waals surface area contributed by atoms with E-state index in [4.69, 9.17) is 0 Å². The average molecular weight is 302 g/mol. The summed E-state index contributed by atoms with van der Waals surface area (Å²) in [5.74, 6) is 0. The van der Waals surface area contributed by atoms with Crippen LogP contribution in [0.25, 0.3) is 0 Å². The van der Waals surface area contributed by atoms with E-state index in [2.05, 4.69) is 21.2 Å². The van der Waals surface area contributed by atoms with Gasteiger partial charge in [-0.15, -0.1) is 0 Å². The molecule has 2 aliphatic rings. The van der Waals surface area contributed by atoms with Crippen molar-refractivity contribution >= 4 is 31.5 Å². The van der Waals surface area contributed by atoms with Gasteiger partial charge in [-0.1, -0.05) is 22.4 Å². The van der Waals surface area contributed by atoms with Crippen molar-refractivity contribution in [2.24, 2.45) is 0 Å². The molecule has 1 fully saturated rings. The molecule has 1 aromatic carbocycles. The van der Waals surface area contributed by atoms with Gasteiger partial charge in [0.2, 0.25) is 0 Å². The molecule has 3 rings (SSSR count). The zero-order valence-electron chi connectivity index (χ0n) is 8.66. The number of hydrogen-bond donors (Lipinski definition) is 1. The highest BCUT2D eigenvalue weighted by Gasteiger charge is 2.52. The van der Waals surface area contributed by atoms with Crippen LogP contribution >= 0.6 is 15.9 Å². The first-order chi connectivity index (χ1) is 7.55. The average Bonchev–Trinajstić information content (AvgIpc) is 2.14. The minimum Gasteiger partial charge on any atom is -0.382 e. The lowest BCUT2D eigenvalue weighted by Gasteiger charge is -2.44. The summed E-state index contributed by atoms with van der Waals surface area (Å²) in [5, 5.41) is 3.24. The second-order valence-electron chi connectivity index (χ2n) is 4.53. The van der Waals surface area contributed by atoms with Gasteiger partial charge in [-0.3, -0.25) is 0 Å². The Bertz CT molecular complexity index is 549. The molecule has 16 heavy (non-hydrogen) atoms. The fourth-order valence-electron chi connectivity index (χ4n) is 2.48. The Morgan fingerprint density at radius 2 is 2.06 bits per heavy atom. The number of anilines is 1. The summed E-state index contributed by atoms with van der Waals surface area (Å²) in [7, 11) is -3.15. The van der Waals surface area contributed by atoms with E-state index >= 15 is 0 Å². The third-order valence-electron chi connectivity index (χ3n) is 3.67. The molecule has 0 bridgehead atoms. The van der Waals surface area contributed by atoms with Gasteiger partial charge in [-0.25, -0.2) is 8.42 Å². The minimum absolute atomic E-state index is 0.460. The largest absolute Gasteiger partial charge is 0.382 e. The second kappa shape index (κ2) is 3.23. The van der Waals surface area contributed by atoms with Crippen LogP contribution in [0.2, 0.25) is 0 Å². The highest BCUT2D eigenvalue weighted by Crippen LogP contribution is 2.47. The lowest BCUT2D eigenvalue weighted by atomic mass is 9.84. The summed E-state index contributed by atoms with van der Waals surface area (Å²) in [6.07, 6.45) is 2.60. The van der Waals surface area contributed by atoms with Crippen LogP contribution in [0, 0.1) is 0 Å². The highest BCUT2D eigenvalue weighted by atomic mass is 79.9. The first kappa shape index (κ1) is 10.6. The predicted molar refractivity (Wildman–Crippen MR) is 66.4 cm³/mol. The van der Waals surface area contributed by atoms with Crippen LogP contribution in [-0.2, 0) is 9.84 Å². The van der Waals surface area contributed by atoms with Gasteiger partial charge in [0.1, 0.15) is 0 Å². The third-order valence-corrected chi connectivity index (χ3v) is 6.79. The summed E-state index contributed by atoms with van der Waals surface area (Å²) in [6, 6.07) is 5.31. The summed E-state index contributed by atoms with van der Waals surface area (Å²) in [6.45, 7) is 0.554. The van der Waals surface area contributed by atoms with E-state index in [1.165, 1.54) is 0 Å². The summed E-state index contributed by atoms with van der Waals surface area (Å²) in [5.41, 5.74) is 0.729. The first-order valence-corrected chi connectivity index (χ1v) is 7.61. The predicted octanol–water partition coefficient (Wildman–Crippen LogP) is 2.57. The summed E-state index contributed by atoms with van der Waals surface area (Å²) < 4.78 is 25.3. The highest BCUT2D eigenvalue weighted by molar-refractivity contribution is 9.10. The molecule has 1 N–H and O–H groups in total. The van der Waals surface area contributed by atoms with Gasteiger partial charge in [0.15, 0.2) is 9.84 Å². The normalized spacial score (nSPS) is 24.3. The maximum Gasteiger partial charge on any atom is 0.187 e. The van der Waals surface area contributed by atoms with Crippen LogP contribution < -0.4 is 5.32 Å². The molecule has 86 valence electrons. The lowest BCUT2D eigenvalue weighted by molar-refractivity contribution is 0.347. The number of rotatable bonds is 0. The Balaban J connectivity index is 2.19. The number of nitrogens with one attached hydrogen (secondary N) is 1. The van der Waals surface area contributed by atoms with E-state index in [0.29, 0.717) is 11.4 Å². The van der Waals surface area contributed by atoms with Gasteiger partial charge >= 0.3 is 0 Å². The number of benzene rings is 1. The number of fused-ring (bicyclic) bond motifs is 1. The Morgan fingerprint density at radius 3 is 2.69 bits per heavy atom. The molecule has 1 heterocycles. The molecule has 5 heteroatoms. The quantitative estimate of drug-likeness (QED) is 0.801. The number of sulfone groups is 1. The van der Waals surface area contributed by atoms with Crippen molar-refractivity contribution in [3.05, 3.63) is 22.7 Å². The van der Waals surface area contributed by atoms with Gasteiger partial charge in [0.05, 0.1) is 15.3 Å². The summed E-state index contributed by atoms with van der Waals surface area (Å²) in [4.78, 5) is 0.460. The molecule has 1 aliphatic heterocycles. The van der Waals surface area contributed by atoms with Crippen molar-refractivity contribution in [1.29, 1.82) is 0 Å². The van der Waals surface area contributed by atoms with Crippen molar-refractivity contribution in [3.63, 3.8) is 0 Å². The van der Waals surface area contributed by atoms with Crippen LogP contribution in [0.15, 0.2) is 27.6 Å². The topological polar surface area (TPSA) is 46.2 Å². The standard InChI is InChI=1S/C11H12BrNO2S/c12-8-2-3-10-9(6-8)13-7-11(4-1-5-11)16(10,14)15/h2-3,6,13H,1,4-5,7H2. The van der Waals surface area contributed by atoms with Crippen molar-refractivity contribution in [1.82, 2.24) is 0 Å². The van der Waals surface area contributed by atoms with Gasteiger partial charge in [-0.05, 0) is 31.0 Å². The molecule has 0 atom stereocenters. The number of halogens is 1. The fourth-order valence-corrected chi connectivity index (χ4v) is 5.06. The smallest absolute Gasteiger partial charge is 0.187 e. The number of hydrogen-bond acceptors (Lipinski definition) is 3.